The minimum atomic E-state index is -0.149. The van der Waals surface area contributed by atoms with Crippen LogP contribution in [0.1, 0.15) is 17.0 Å². The summed E-state index contributed by atoms with van der Waals surface area (Å²) in [5.41, 5.74) is 4.74. The summed E-state index contributed by atoms with van der Waals surface area (Å²) in [5, 5.41) is 4.42. The molecule has 1 amide bonds. The molecule has 0 unspecified atom stereocenters. The lowest BCUT2D eigenvalue weighted by atomic mass is 10.2. The third-order valence-electron chi connectivity index (χ3n) is 4.56. The Bertz CT molecular complexity index is 1170. The average Bonchev–Trinajstić information content (AvgIpc) is 3.17. The zero-order valence-corrected chi connectivity index (χ0v) is 18.1. The van der Waals surface area contributed by atoms with Crippen LogP contribution in [0.15, 0.2) is 64.5 Å². The van der Waals surface area contributed by atoms with Gasteiger partial charge in [0.1, 0.15) is 0 Å². The normalized spacial score (nSPS) is 16.6. The second kappa shape index (κ2) is 8.11. The number of benzene rings is 2. The lowest BCUT2D eigenvalue weighted by Gasteiger charge is -2.10. The Balaban J connectivity index is 1.66. The molecule has 0 saturated carbocycles. The van der Waals surface area contributed by atoms with Crippen molar-refractivity contribution in [1.82, 2.24) is 9.88 Å². The number of aliphatic imine (C=N–C) groups is 1. The molecule has 0 spiro atoms. The van der Waals surface area contributed by atoms with Crippen LogP contribution < -0.4 is 5.32 Å². The highest BCUT2D eigenvalue weighted by atomic mass is 35.5. The number of para-hydroxylation sites is 1. The van der Waals surface area contributed by atoms with Crippen molar-refractivity contribution in [2.45, 2.75) is 13.8 Å². The highest BCUT2D eigenvalue weighted by Gasteiger charge is 2.24. The first-order chi connectivity index (χ1) is 13.9. The van der Waals surface area contributed by atoms with E-state index in [0.29, 0.717) is 20.1 Å². The molecule has 1 aliphatic heterocycles. The monoisotopic (exact) mass is 441 g/mol. The molecule has 3 aromatic rings. The standard InChI is InChI=1S/C22H17Cl2N3OS/c1-13-10-15(14(2)27(13)17-8-9-18(23)19(24)12-17)11-20-21(28)26-22(29-20)25-16-6-4-3-5-7-16/h3-12H,1-2H3,(H,25,26,28)/b20-11+. The van der Waals surface area contributed by atoms with Crippen LogP contribution in [0, 0.1) is 13.8 Å². The molecule has 0 aliphatic carbocycles. The van der Waals surface area contributed by atoms with Crippen molar-refractivity contribution in [3.8, 4) is 5.69 Å². The largest absolute Gasteiger partial charge is 0.318 e. The van der Waals surface area contributed by atoms with Crippen molar-refractivity contribution in [2.75, 3.05) is 0 Å². The number of hydrogen-bond donors (Lipinski definition) is 1. The van der Waals surface area contributed by atoms with Crippen molar-refractivity contribution >= 4 is 57.8 Å². The fourth-order valence-corrected chi connectivity index (χ4v) is 4.32. The van der Waals surface area contributed by atoms with E-state index in [9.17, 15) is 4.79 Å². The molecule has 1 aromatic heterocycles. The van der Waals surface area contributed by atoms with E-state index >= 15 is 0 Å². The highest BCUT2D eigenvalue weighted by Crippen LogP contribution is 2.31. The van der Waals surface area contributed by atoms with Crippen LogP contribution in [-0.4, -0.2) is 15.6 Å². The second-order valence-electron chi connectivity index (χ2n) is 6.58. The predicted octanol–water partition coefficient (Wildman–Crippen LogP) is 6.29. The molecular formula is C22H17Cl2N3OS. The van der Waals surface area contributed by atoms with E-state index in [0.717, 1.165) is 28.3 Å². The number of aromatic nitrogens is 1. The molecular weight excluding hydrogens is 425 g/mol. The number of amides is 1. The van der Waals surface area contributed by atoms with E-state index in [1.54, 1.807) is 6.07 Å². The Morgan fingerprint density at radius 1 is 1.03 bits per heavy atom. The minimum absolute atomic E-state index is 0.149. The molecule has 0 atom stereocenters. The van der Waals surface area contributed by atoms with E-state index in [1.807, 2.05) is 68.5 Å². The van der Waals surface area contributed by atoms with Crippen LogP contribution in [0.5, 0.6) is 0 Å². The lowest BCUT2D eigenvalue weighted by Crippen LogP contribution is -2.19. The maximum atomic E-state index is 12.4. The molecule has 146 valence electrons. The minimum Gasteiger partial charge on any atom is -0.318 e. The number of halogens is 2. The van der Waals surface area contributed by atoms with Crippen LogP contribution >= 0.6 is 35.0 Å². The molecule has 4 rings (SSSR count). The van der Waals surface area contributed by atoms with Crippen LogP contribution in [-0.2, 0) is 4.79 Å². The summed E-state index contributed by atoms with van der Waals surface area (Å²) in [6.45, 7) is 4.03. The summed E-state index contributed by atoms with van der Waals surface area (Å²) in [6.07, 6.45) is 1.89. The summed E-state index contributed by atoms with van der Waals surface area (Å²) in [4.78, 5) is 17.5. The number of thioether (sulfide) groups is 1. The average molecular weight is 442 g/mol. The van der Waals surface area contributed by atoms with Crippen LogP contribution in [0.4, 0.5) is 5.69 Å². The third-order valence-corrected chi connectivity index (χ3v) is 6.20. The number of nitrogens with one attached hydrogen (secondary N) is 1. The predicted molar refractivity (Wildman–Crippen MR) is 123 cm³/mol. The van der Waals surface area contributed by atoms with Crippen molar-refractivity contribution in [3.63, 3.8) is 0 Å². The number of rotatable bonds is 3. The zero-order chi connectivity index (χ0) is 20.5. The van der Waals surface area contributed by atoms with Crippen molar-refractivity contribution in [3.05, 3.63) is 86.5 Å². The summed E-state index contributed by atoms with van der Waals surface area (Å²) in [6, 6.07) is 17.1. The number of hydrogen-bond acceptors (Lipinski definition) is 3. The van der Waals surface area contributed by atoms with Gasteiger partial charge in [0.25, 0.3) is 5.91 Å². The summed E-state index contributed by atoms with van der Waals surface area (Å²) >= 11 is 13.6. The van der Waals surface area contributed by atoms with E-state index < -0.39 is 0 Å². The topological polar surface area (TPSA) is 46.4 Å². The van der Waals surface area contributed by atoms with Crippen LogP contribution in [0.25, 0.3) is 11.8 Å². The summed E-state index contributed by atoms with van der Waals surface area (Å²) < 4.78 is 2.09. The first-order valence-corrected chi connectivity index (χ1v) is 10.5. The Hall–Kier alpha value is -2.47. The highest BCUT2D eigenvalue weighted by molar-refractivity contribution is 8.18. The van der Waals surface area contributed by atoms with Gasteiger partial charge in [0, 0.05) is 17.1 Å². The first kappa shape index (κ1) is 19.8. The third kappa shape index (κ3) is 4.13. The quantitative estimate of drug-likeness (QED) is 0.485. The molecule has 7 heteroatoms. The van der Waals surface area contributed by atoms with Crippen LogP contribution in [0.2, 0.25) is 10.0 Å². The van der Waals surface area contributed by atoms with Gasteiger partial charge in [-0.1, -0.05) is 41.4 Å². The molecule has 4 nitrogen and oxygen atoms in total. The van der Waals surface area contributed by atoms with Gasteiger partial charge in [-0.25, -0.2) is 4.99 Å². The van der Waals surface area contributed by atoms with Crippen molar-refractivity contribution in [2.24, 2.45) is 4.99 Å². The van der Waals surface area contributed by atoms with Gasteiger partial charge in [-0.2, -0.15) is 0 Å². The van der Waals surface area contributed by atoms with E-state index in [2.05, 4.69) is 14.9 Å². The van der Waals surface area contributed by atoms with Gasteiger partial charge in [0.15, 0.2) is 5.17 Å². The molecule has 1 aliphatic rings. The van der Waals surface area contributed by atoms with Gasteiger partial charge >= 0.3 is 0 Å². The van der Waals surface area contributed by atoms with Gasteiger partial charge in [-0.3, -0.25) is 4.79 Å². The number of carbonyl (C=O) groups excluding carboxylic acids is 1. The molecule has 0 bridgehead atoms. The lowest BCUT2D eigenvalue weighted by molar-refractivity contribution is -0.115. The summed E-state index contributed by atoms with van der Waals surface area (Å²) in [7, 11) is 0. The van der Waals surface area contributed by atoms with Gasteiger partial charge in [-0.15, -0.1) is 0 Å². The fourth-order valence-electron chi connectivity index (χ4n) is 3.20. The molecule has 1 N–H and O–H groups in total. The van der Waals surface area contributed by atoms with E-state index in [-0.39, 0.29) is 5.91 Å². The molecule has 0 radical (unpaired) electrons. The Kier molecular flexibility index (Phi) is 5.54. The SMILES string of the molecule is Cc1cc(/C=C2/SC(=Nc3ccccc3)NC2=O)c(C)n1-c1ccc(Cl)c(Cl)c1. The molecule has 2 heterocycles. The number of amidine groups is 1. The Labute approximate surface area is 183 Å². The number of nitrogens with zero attached hydrogens (tertiary/aromatic N) is 2. The maximum absolute atomic E-state index is 12.4. The molecule has 1 fully saturated rings. The summed E-state index contributed by atoms with van der Waals surface area (Å²) in [5.74, 6) is -0.149. The smallest absolute Gasteiger partial charge is 0.264 e. The molecule has 1 saturated heterocycles. The van der Waals surface area contributed by atoms with Gasteiger partial charge < -0.3 is 9.88 Å². The molecule has 29 heavy (non-hydrogen) atoms. The van der Waals surface area contributed by atoms with Crippen LogP contribution in [0.3, 0.4) is 0 Å². The van der Waals surface area contributed by atoms with Gasteiger partial charge in [0.2, 0.25) is 0 Å². The van der Waals surface area contributed by atoms with Crippen molar-refractivity contribution in [1.29, 1.82) is 0 Å². The zero-order valence-electron chi connectivity index (χ0n) is 15.7. The second-order valence-corrected chi connectivity index (χ2v) is 8.42. The van der Waals surface area contributed by atoms with E-state index in [4.69, 9.17) is 23.2 Å². The Morgan fingerprint density at radius 2 is 1.79 bits per heavy atom. The van der Waals surface area contributed by atoms with E-state index in [1.165, 1.54) is 11.8 Å². The Morgan fingerprint density at radius 3 is 2.52 bits per heavy atom. The van der Waals surface area contributed by atoms with Crippen molar-refractivity contribution < 1.29 is 4.79 Å². The first-order valence-electron chi connectivity index (χ1n) is 8.91. The maximum Gasteiger partial charge on any atom is 0.264 e. The van der Waals surface area contributed by atoms with Gasteiger partial charge in [-0.05, 0) is 73.6 Å². The fraction of sp³-hybridized carbons (Fsp3) is 0.0909. The number of carbonyl (C=O) groups is 1. The van der Waals surface area contributed by atoms with Gasteiger partial charge in [0.05, 0.1) is 20.6 Å². The molecule has 2 aromatic carbocycles. The number of aryl methyl sites for hydroxylation is 1.